The van der Waals surface area contributed by atoms with E-state index in [-0.39, 0.29) is 31.1 Å². The minimum Gasteiger partial charge on any atom is -0.457 e. The van der Waals surface area contributed by atoms with Gasteiger partial charge in [0, 0.05) is 28.9 Å². The maximum atomic E-state index is 12.5. The first-order valence-corrected chi connectivity index (χ1v) is 10.4. The lowest BCUT2D eigenvalue weighted by Crippen LogP contribution is -2.18. The van der Waals surface area contributed by atoms with E-state index in [2.05, 4.69) is 10.6 Å². The predicted molar refractivity (Wildman–Crippen MR) is 125 cm³/mol. The minimum absolute atomic E-state index is 0.113. The van der Waals surface area contributed by atoms with Crippen LogP contribution in [-0.2, 0) is 14.3 Å². The Hall–Kier alpha value is -4.26. The van der Waals surface area contributed by atoms with Crippen molar-refractivity contribution < 1.29 is 23.9 Å². The lowest BCUT2D eigenvalue weighted by Gasteiger charge is -2.10. The van der Waals surface area contributed by atoms with E-state index in [1.54, 1.807) is 54.6 Å². The number of carbonyl (C=O) groups is 4. The average Bonchev–Trinajstić information content (AvgIpc) is 2.83. The van der Waals surface area contributed by atoms with Gasteiger partial charge in [0.25, 0.3) is 5.91 Å². The molecule has 3 aromatic rings. The van der Waals surface area contributed by atoms with Crippen molar-refractivity contribution in [3.8, 4) is 0 Å². The Balaban J connectivity index is 1.46. The summed E-state index contributed by atoms with van der Waals surface area (Å²) in [6.07, 6.45) is -0.278. The molecule has 0 radical (unpaired) electrons. The fourth-order valence-corrected chi connectivity index (χ4v) is 3.01. The normalized spacial score (nSPS) is 10.2. The van der Waals surface area contributed by atoms with Crippen LogP contribution in [0.1, 0.15) is 39.1 Å². The first-order chi connectivity index (χ1) is 15.9. The maximum absolute atomic E-state index is 12.5. The monoisotopic (exact) mass is 444 g/mol. The van der Waals surface area contributed by atoms with Gasteiger partial charge in [0.2, 0.25) is 5.91 Å². The number of carbonyl (C=O) groups excluding carboxylic acids is 4. The number of nitrogens with one attached hydrogen (secondary N) is 2. The van der Waals surface area contributed by atoms with Gasteiger partial charge in [0.15, 0.2) is 12.4 Å². The van der Waals surface area contributed by atoms with E-state index in [1.165, 1.54) is 0 Å². The quantitative estimate of drug-likeness (QED) is 0.376. The molecule has 0 fully saturated rings. The largest absolute Gasteiger partial charge is 0.457 e. The zero-order valence-corrected chi connectivity index (χ0v) is 18.2. The van der Waals surface area contributed by atoms with Crippen molar-refractivity contribution in [2.75, 3.05) is 17.2 Å². The van der Waals surface area contributed by atoms with Crippen molar-refractivity contribution >= 4 is 34.9 Å². The first kappa shape index (κ1) is 23.4. The Morgan fingerprint density at radius 1 is 0.758 bits per heavy atom. The number of aryl methyl sites for hydroxylation is 1. The molecule has 7 nitrogen and oxygen atoms in total. The number of rotatable bonds is 9. The summed E-state index contributed by atoms with van der Waals surface area (Å²) in [5.41, 5.74) is 2.92. The molecule has 0 bridgehead atoms. The zero-order valence-electron chi connectivity index (χ0n) is 18.2. The molecular weight excluding hydrogens is 420 g/mol. The molecule has 0 heterocycles. The molecule has 0 aliphatic carbocycles. The summed E-state index contributed by atoms with van der Waals surface area (Å²) in [5.74, 6) is -1.65. The van der Waals surface area contributed by atoms with Gasteiger partial charge in [0.1, 0.15) is 0 Å². The fourth-order valence-electron chi connectivity index (χ4n) is 3.01. The highest BCUT2D eigenvalue weighted by atomic mass is 16.5. The van der Waals surface area contributed by atoms with E-state index in [4.69, 9.17) is 4.74 Å². The zero-order chi connectivity index (χ0) is 23.6. The molecule has 0 saturated carbocycles. The van der Waals surface area contributed by atoms with Crippen molar-refractivity contribution in [1.82, 2.24) is 0 Å². The molecule has 2 amide bonds. The van der Waals surface area contributed by atoms with Crippen LogP contribution in [0.2, 0.25) is 0 Å². The second-order valence-corrected chi connectivity index (χ2v) is 7.35. The Kier molecular flexibility index (Phi) is 8.07. The lowest BCUT2D eigenvalue weighted by molar-refractivity contribution is -0.143. The molecule has 2 N–H and O–H groups in total. The maximum Gasteiger partial charge on any atom is 0.306 e. The topological polar surface area (TPSA) is 102 Å². The Morgan fingerprint density at radius 2 is 1.45 bits per heavy atom. The second kappa shape index (κ2) is 11.4. The van der Waals surface area contributed by atoms with Gasteiger partial charge in [0.05, 0.1) is 6.42 Å². The lowest BCUT2D eigenvalue weighted by atomic mass is 10.1. The van der Waals surface area contributed by atoms with Gasteiger partial charge >= 0.3 is 5.97 Å². The Labute approximate surface area is 191 Å². The molecule has 0 aliphatic heterocycles. The average molecular weight is 444 g/mol. The number of hydrogen-bond acceptors (Lipinski definition) is 5. The molecule has 3 aromatic carbocycles. The van der Waals surface area contributed by atoms with E-state index < -0.39 is 11.9 Å². The molecular formula is C26H24N2O5. The van der Waals surface area contributed by atoms with Crippen molar-refractivity contribution in [2.24, 2.45) is 0 Å². The van der Waals surface area contributed by atoms with Crippen molar-refractivity contribution in [1.29, 1.82) is 0 Å². The number of ketones is 1. The SMILES string of the molecule is Cc1ccccc1NC(=O)c1cccc(NC(=O)CCC(=O)OCC(=O)c2ccccc2)c1. The Morgan fingerprint density at radius 3 is 2.21 bits per heavy atom. The molecule has 3 rings (SSSR count). The fraction of sp³-hybridized carbons (Fsp3) is 0.154. The van der Waals surface area contributed by atoms with E-state index in [0.717, 1.165) is 5.56 Å². The summed E-state index contributed by atoms with van der Waals surface area (Å²) in [6.45, 7) is 1.53. The van der Waals surface area contributed by atoms with Crippen LogP contribution in [0.3, 0.4) is 0 Å². The van der Waals surface area contributed by atoms with Crippen LogP contribution in [0.25, 0.3) is 0 Å². The number of para-hydroxylation sites is 1. The highest BCUT2D eigenvalue weighted by molar-refractivity contribution is 6.05. The van der Waals surface area contributed by atoms with E-state index in [0.29, 0.717) is 22.5 Å². The van der Waals surface area contributed by atoms with E-state index in [9.17, 15) is 19.2 Å². The van der Waals surface area contributed by atoms with Crippen molar-refractivity contribution in [3.05, 3.63) is 95.6 Å². The number of anilines is 2. The van der Waals surface area contributed by atoms with Gasteiger partial charge in [-0.25, -0.2) is 0 Å². The third-order valence-corrected chi connectivity index (χ3v) is 4.82. The number of amides is 2. The van der Waals surface area contributed by atoms with Crippen LogP contribution in [0.4, 0.5) is 11.4 Å². The first-order valence-electron chi connectivity index (χ1n) is 10.4. The summed E-state index contributed by atoms with van der Waals surface area (Å²) in [4.78, 5) is 48.6. The van der Waals surface area contributed by atoms with Crippen LogP contribution in [-0.4, -0.2) is 30.2 Å². The van der Waals surface area contributed by atoms with Crippen molar-refractivity contribution in [3.63, 3.8) is 0 Å². The number of benzene rings is 3. The number of esters is 1. The van der Waals surface area contributed by atoms with E-state index >= 15 is 0 Å². The molecule has 0 saturated heterocycles. The van der Waals surface area contributed by atoms with Crippen LogP contribution >= 0.6 is 0 Å². The van der Waals surface area contributed by atoms with Crippen LogP contribution in [0.15, 0.2) is 78.9 Å². The Bertz CT molecular complexity index is 1160. The molecule has 0 unspecified atom stereocenters. The highest BCUT2D eigenvalue weighted by Crippen LogP contribution is 2.17. The van der Waals surface area contributed by atoms with Gasteiger partial charge in [-0.3, -0.25) is 19.2 Å². The molecule has 0 atom stereocenters. The van der Waals surface area contributed by atoms with Crippen LogP contribution in [0.5, 0.6) is 0 Å². The smallest absolute Gasteiger partial charge is 0.306 e. The van der Waals surface area contributed by atoms with Crippen molar-refractivity contribution in [2.45, 2.75) is 19.8 Å². The minimum atomic E-state index is -0.638. The summed E-state index contributed by atoms with van der Waals surface area (Å²) < 4.78 is 4.95. The van der Waals surface area contributed by atoms with Crippen LogP contribution < -0.4 is 10.6 Å². The summed E-state index contributed by atoms with van der Waals surface area (Å²) in [6, 6.07) is 22.4. The summed E-state index contributed by atoms with van der Waals surface area (Å²) >= 11 is 0. The third-order valence-electron chi connectivity index (χ3n) is 4.82. The third kappa shape index (κ3) is 7.14. The van der Waals surface area contributed by atoms with Gasteiger partial charge in [-0.15, -0.1) is 0 Å². The number of Topliss-reactive ketones (excluding diaryl/α,β-unsaturated/α-hetero) is 1. The number of hydrogen-bond donors (Lipinski definition) is 2. The summed E-state index contributed by atoms with van der Waals surface area (Å²) in [7, 11) is 0. The number of ether oxygens (including phenoxy) is 1. The van der Waals surface area contributed by atoms with Gasteiger partial charge in [-0.1, -0.05) is 54.6 Å². The van der Waals surface area contributed by atoms with E-state index in [1.807, 2.05) is 31.2 Å². The summed E-state index contributed by atoms with van der Waals surface area (Å²) in [5, 5.41) is 5.51. The van der Waals surface area contributed by atoms with Gasteiger partial charge in [-0.2, -0.15) is 0 Å². The predicted octanol–water partition coefficient (Wildman–Crippen LogP) is 4.39. The van der Waals surface area contributed by atoms with Crippen LogP contribution in [0, 0.1) is 6.92 Å². The molecule has 33 heavy (non-hydrogen) atoms. The molecule has 0 spiro atoms. The molecule has 7 heteroatoms. The van der Waals surface area contributed by atoms with Gasteiger partial charge < -0.3 is 15.4 Å². The molecule has 0 aromatic heterocycles. The molecule has 0 aliphatic rings. The standard InChI is InChI=1S/C26H24N2O5/c1-18-8-5-6-13-22(18)28-26(32)20-11-7-12-21(16-20)27-24(30)14-15-25(31)33-17-23(29)19-9-3-2-4-10-19/h2-13,16H,14-15,17H2,1H3,(H,27,30)(H,28,32). The van der Waals surface area contributed by atoms with Gasteiger partial charge in [-0.05, 0) is 36.8 Å². The highest BCUT2D eigenvalue weighted by Gasteiger charge is 2.13. The second-order valence-electron chi connectivity index (χ2n) is 7.35. The molecule has 168 valence electrons.